The molecule has 0 aromatic heterocycles. The number of benzene rings is 1. The molecule has 1 aromatic rings. The van der Waals surface area contributed by atoms with Crippen LogP contribution in [0.2, 0.25) is 0 Å². The standard InChI is InChI=1S/C12H19FN2O3S/c1-2-5-18-6-3-4-15-19(16,17)12-8-10(13)7-11(14)9-12/h7-9,15H,2-6,14H2,1H3. The first-order valence-electron chi connectivity index (χ1n) is 6.09. The second-order valence-electron chi connectivity index (χ2n) is 4.08. The monoisotopic (exact) mass is 290 g/mol. The van der Waals surface area contributed by atoms with Gasteiger partial charge in [-0.3, -0.25) is 0 Å². The van der Waals surface area contributed by atoms with Gasteiger partial charge >= 0.3 is 0 Å². The van der Waals surface area contributed by atoms with Gasteiger partial charge in [0.25, 0.3) is 0 Å². The Morgan fingerprint density at radius 2 is 2.05 bits per heavy atom. The van der Waals surface area contributed by atoms with Crippen molar-refractivity contribution in [3.63, 3.8) is 0 Å². The Labute approximate surface area is 113 Å². The molecule has 0 unspecified atom stereocenters. The second-order valence-corrected chi connectivity index (χ2v) is 5.85. The molecule has 0 saturated carbocycles. The van der Waals surface area contributed by atoms with E-state index in [1.54, 1.807) is 0 Å². The van der Waals surface area contributed by atoms with Crippen molar-refractivity contribution in [1.29, 1.82) is 0 Å². The van der Waals surface area contributed by atoms with Gasteiger partial charge in [-0.05, 0) is 31.0 Å². The minimum atomic E-state index is -3.72. The number of hydrogen-bond donors (Lipinski definition) is 2. The van der Waals surface area contributed by atoms with Crippen molar-refractivity contribution >= 4 is 15.7 Å². The topological polar surface area (TPSA) is 81.4 Å². The molecule has 0 amide bonds. The lowest BCUT2D eigenvalue weighted by molar-refractivity contribution is 0.133. The van der Waals surface area contributed by atoms with Gasteiger partial charge in [-0.1, -0.05) is 6.92 Å². The molecule has 0 bridgehead atoms. The van der Waals surface area contributed by atoms with E-state index in [2.05, 4.69) is 4.72 Å². The van der Waals surface area contributed by atoms with Crippen LogP contribution in [-0.2, 0) is 14.8 Å². The van der Waals surface area contributed by atoms with Gasteiger partial charge in [-0.25, -0.2) is 17.5 Å². The highest BCUT2D eigenvalue weighted by Crippen LogP contribution is 2.15. The Hall–Kier alpha value is -1.18. The van der Waals surface area contributed by atoms with Crippen LogP contribution in [-0.4, -0.2) is 28.2 Å². The van der Waals surface area contributed by atoms with Crippen molar-refractivity contribution in [2.45, 2.75) is 24.7 Å². The van der Waals surface area contributed by atoms with E-state index in [1.165, 1.54) is 6.07 Å². The van der Waals surface area contributed by atoms with Crippen LogP contribution >= 0.6 is 0 Å². The van der Waals surface area contributed by atoms with Gasteiger partial charge in [0.05, 0.1) is 4.90 Å². The van der Waals surface area contributed by atoms with E-state index < -0.39 is 15.8 Å². The molecule has 108 valence electrons. The van der Waals surface area contributed by atoms with Gasteiger partial charge in [-0.15, -0.1) is 0 Å². The number of rotatable bonds is 8. The van der Waals surface area contributed by atoms with Gasteiger partial charge < -0.3 is 10.5 Å². The Morgan fingerprint density at radius 3 is 2.68 bits per heavy atom. The highest BCUT2D eigenvalue weighted by atomic mass is 32.2. The summed E-state index contributed by atoms with van der Waals surface area (Å²) in [5.41, 5.74) is 5.49. The second kappa shape index (κ2) is 7.42. The third kappa shape index (κ3) is 5.54. The van der Waals surface area contributed by atoms with Crippen molar-refractivity contribution in [3.05, 3.63) is 24.0 Å². The van der Waals surface area contributed by atoms with Gasteiger partial charge in [0, 0.05) is 25.4 Å². The van der Waals surface area contributed by atoms with Gasteiger partial charge in [0.1, 0.15) is 5.82 Å². The summed E-state index contributed by atoms with van der Waals surface area (Å²) in [7, 11) is -3.72. The van der Waals surface area contributed by atoms with Crippen LogP contribution in [0, 0.1) is 5.82 Å². The van der Waals surface area contributed by atoms with E-state index in [4.69, 9.17) is 10.5 Å². The third-order valence-corrected chi connectivity index (χ3v) is 3.75. The molecule has 7 heteroatoms. The van der Waals surface area contributed by atoms with Crippen molar-refractivity contribution in [2.75, 3.05) is 25.5 Å². The molecule has 0 atom stereocenters. The molecule has 0 spiro atoms. The quantitative estimate of drug-likeness (QED) is 0.561. The number of anilines is 1. The van der Waals surface area contributed by atoms with E-state index in [1.807, 2.05) is 6.92 Å². The lowest BCUT2D eigenvalue weighted by Gasteiger charge is -2.08. The maximum atomic E-state index is 13.1. The first-order chi connectivity index (χ1) is 8.95. The molecule has 0 saturated heterocycles. The van der Waals surface area contributed by atoms with Crippen LogP contribution in [0.3, 0.4) is 0 Å². The number of hydrogen-bond acceptors (Lipinski definition) is 4. The maximum Gasteiger partial charge on any atom is 0.240 e. The average Bonchev–Trinajstić information content (AvgIpc) is 2.32. The number of nitrogen functional groups attached to an aromatic ring is 1. The summed E-state index contributed by atoms with van der Waals surface area (Å²) in [5, 5.41) is 0. The van der Waals surface area contributed by atoms with E-state index in [9.17, 15) is 12.8 Å². The van der Waals surface area contributed by atoms with Crippen molar-refractivity contribution in [2.24, 2.45) is 0 Å². The van der Waals surface area contributed by atoms with Crippen LogP contribution < -0.4 is 10.5 Å². The van der Waals surface area contributed by atoms with Gasteiger partial charge in [-0.2, -0.15) is 0 Å². The number of halogens is 1. The summed E-state index contributed by atoms with van der Waals surface area (Å²) in [5.74, 6) is -0.674. The van der Waals surface area contributed by atoms with Crippen LogP contribution in [0.5, 0.6) is 0 Å². The predicted octanol–water partition coefficient (Wildman–Crippen LogP) is 1.50. The Bertz CT molecular complexity index is 485. The van der Waals surface area contributed by atoms with Crippen LogP contribution in [0.15, 0.2) is 23.1 Å². The normalized spacial score (nSPS) is 11.7. The summed E-state index contributed by atoms with van der Waals surface area (Å²) in [6.07, 6.45) is 1.48. The summed E-state index contributed by atoms with van der Waals surface area (Å²) >= 11 is 0. The molecule has 5 nitrogen and oxygen atoms in total. The van der Waals surface area contributed by atoms with E-state index >= 15 is 0 Å². The lowest BCUT2D eigenvalue weighted by atomic mass is 10.3. The summed E-state index contributed by atoms with van der Waals surface area (Å²) < 4.78 is 44.4. The lowest BCUT2D eigenvalue weighted by Crippen LogP contribution is -2.25. The molecule has 0 heterocycles. The van der Waals surface area contributed by atoms with Crippen LogP contribution in [0.4, 0.5) is 10.1 Å². The Morgan fingerprint density at radius 1 is 1.32 bits per heavy atom. The summed E-state index contributed by atoms with van der Waals surface area (Å²) in [6.45, 7) is 3.38. The summed E-state index contributed by atoms with van der Waals surface area (Å²) in [6, 6.07) is 3.23. The molecule has 0 aliphatic carbocycles. The van der Waals surface area contributed by atoms with Crippen molar-refractivity contribution in [3.8, 4) is 0 Å². The van der Waals surface area contributed by atoms with Crippen molar-refractivity contribution < 1.29 is 17.5 Å². The first kappa shape index (κ1) is 15.9. The fourth-order valence-electron chi connectivity index (χ4n) is 1.45. The fraction of sp³-hybridized carbons (Fsp3) is 0.500. The molecule has 0 fully saturated rings. The molecular formula is C12H19FN2O3S. The number of sulfonamides is 1. The molecule has 19 heavy (non-hydrogen) atoms. The van der Waals surface area contributed by atoms with Crippen molar-refractivity contribution in [1.82, 2.24) is 4.72 Å². The number of nitrogens with two attached hydrogens (primary N) is 1. The predicted molar refractivity (Wildman–Crippen MR) is 71.7 cm³/mol. The van der Waals surface area contributed by atoms with Gasteiger partial charge in [0.2, 0.25) is 10.0 Å². The average molecular weight is 290 g/mol. The van der Waals surface area contributed by atoms with Crippen LogP contribution in [0.1, 0.15) is 19.8 Å². The molecule has 1 rings (SSSR count). The van der Waals surface area contributed by atoms with E-state index in [-0.39, 0.29) is 17.1 Å². The zero-order valence-corrected chi connectivity index (χ0v) is 11.7. The molecule has 0 aliphatic rings. The third-order valence-electron chi connectivity index (χ3n) is 2.31. The fourth-order valence-corrected chi connectivity index (χ4v) is 2.59. The molecule has 3 N–H and O–H groups in total. The number of nitrogens with one attached hydrogen (secondary N) is 1. The highest BCUT2D eigenvalue weighted by molar-refractivity contribution is 7.89. The molecule has 1 aromatic carbocycles. The van der Waals surface area contributed by atoms with Crippen LogP contribution in [0.25, 0.3) is 0 Å². The van der Waals surface area contributed by atoms with E-state index in [0.29, 0.717) is 19.6 Å². The zero-order valence-electron chi connectivity index (χ0n) is 10.9. The highest BCUT2D eigenvalue weighted by Gasteiger charge is 2.14. The number of ether oxygens (including phenoxy) is 1. The largest absolute Gasteiger partial charge is 0.399 e. The first-order valence-corrected chi connectivity index (χ1v) is 7.57. The zero-order chi connectivity index (χ0) is 14.3. The van der Waals surface area contributed by atoms with Gasteiger partial charge in [0.15, 0.2) is 0 Å². The Balaban J connectivity index is 2.51. The molecular weight excluding hydrogens is 271 g/mol. The minimum absolute atomic E-state index is 0.0756. The SMILES string of the molecule is CCCOCCCNS(=O)(=O)c1cc(N)cc(F)c1. The van der Waals surface area contributed by atoms with E-state index in [0.717, 1.165) is 18.6 Å². The minimum Gasteiger partial charge on any atom is -0.399 e. The molecule has 0 radical (unpaired) electrons. The maximum absolute atomic E-state index is 13.1. The molecule has 0 aliphatic heterocycles. The Kier molecular flexibility index (Phi) is 6.20. The smallest absolute Gasteiger partial charge is 0.240 e. The summed E-state index contributed by atoms with van der Waals surface area (Å²) in [4.78, 5) is -0.167.